The van der Waals surface area contributed by atoms with Crippen LogP contribution in [0.4, 0.5) is 4.79 Å². The quantitative estimate of drug-likeness (QED) is 0.741. The van der Waals surface area contributed by atoms with Crippen molar-refractivity contribution in [1.29, 1.82) is 0 Å². The maximum atomic E-state index is 12.3. The molecule has 2 aliphatic heterocycles. The molecule has 1 aromatic heterocycles. The number of furan rings is 1. The third-order valence-corrected chi connectivity index (χ3v) is 4.00. The van der Waals surface area contributed by atoms with E-state index in [0.29, 0.717) is 24.1 Å². The predicted molar refractivity (Wildman–Crippen MR) is 71.0 cm³/mol. The van der Waals surface area contributed by atoms with Gasteiger partial charge in [-0.3, -0.25) is 14.9 Å². The summed E-state index contributed by atoms with van der Waals surface area (Å²) < 4.78 is 5.71. The van der Waals surface area contributed by atoms with Gasteiger partial charge in [0.2, 0.25) is 0 Å². The standard InChI is InChI=1S/C12H12BrN3O4/c13-8-3-2-7(20-8)9(17)16-5-1-4-12(6-16)10(18)14-11(19)15-12/h2-3H,1,4-6H2,(H2,14,15,18,19). The van der Waals surface area contributed by atoms with Crippen LogP contribution in [0.2, 0.25) is 0 Å². The Morgan fingerprint density at radius 3 is 2.80 bits per heavy atom. The Morgan fingerprint density at radius 2 is 2.20 bits per heavy atom. The summed E-state index contributed by atoms with van der Waals surface area (Å²) in [5.41, 5.74) is -1.01. The lowest BCUT2D eigenvalue weighted by Crippen LogP contribution is -2.59. The van der Waals surface area contributed by atoms with E-state index in [1.165, 1.54) is 4.90 Å². The normalized spacial score (nSPS) is 25.8. The Hall–Kier alpha value is -1.83. The third-order valence-electron chi connectivity index (χ3n) is 3.58. The van der Waals surface area contributed by atoms with Crippen molar-refractivity contribution >= 4 is 33.8 Å². The maximum Gasteiger partial charge on any atom is 0.322 e. The lowest BCUT2D eigenvalue weighted by Gasteiger charge is -2.37. The van der Waals surface area contributed by atoms with E-state index in [4.69, 9.17) is 4.42 Å². The summed E-state index contributed by atoms with van der Waals surface area (Å²) in [5.74, 6) is -0.456. The van der Waals surface area contributed by atoms with Crippen molar-refractivity contribution in [1.82, 2.24) is 15.5 Å². The van der Waals surface area contributed by atoms with Gasteiger partial charge in [0.1, 0.15) is 5.54 Å². The molecule has 0 aromatic carbocycles. The average molecular weight is 342 g/mol. The molecule has 0 radical (unpaired) electrons. The number of nitrogens with zero attached hydrogens (tertiary/aromatic N) is 1. The highest BCUT2D eigenvalue weighted by molar-refractivity contribution is 9.10. The molecular formula is C12H12BrN3O4. The molecule has 2 aliphatic rings. The van der Waals surface area contributed by atoms with Crippen molar-refractivity contribution in [2.75, 3.05) is 13.1 Å². The molecular weight excluding hydrogens is 330 g/mol. The number of carbonyl (C=O) groups excluding carboxylic acids is 3. The Bertz CT molecular complexity index is 599. The number of amides is 4. The van der Waals surface area contributed by atoms with Gasteiger partial charge in [-0.05, 0) is 40.9 Å². The van der Waals surface area contributed by atoms with Crippen LogP contribution < -0.4 is 10.6 Å². The van der Waals surface area contributed by atoms with Crippen molar-refractivity contribution in [2.24, 2.45) is 0 Å². The number of imide groups is 1. The number of nitrogens with one attached hydrogen (secondary N) is 2. The molecule has 0 bridgehead atoms. The molecule has 4 amide bonds. The van der Waals surface area contributed by atoms with Crippen LogP contribution in [-0.4, -0.2) is 41.4 Å². The maximum absolute atomic E-state index is 12.3. The molecule has 1 aromatic rings. The fourth-order valence-electron chi connectivity index (χ4n) is 2.63. The van der Waals surface area contributed by atoms with E-state index in [1.54, 1.807) is 12.1 Å². The zero-order chi connectivity index (χ0) is 14.3. The number of hydrogen-bond acceptors (Lipinski definition) is 4. The van der Waals surface area contributed by atoms with E-state index >= 15 is 0 Å². The van der Waals surface area contributed by atoms with E-state index in [0.717, 1.165) is 0 Å². The number of carbonyl (C=O) groups is 3. The zero-order valence-electron chi connectivity index (χ0n) is 10.4. The second-order valence-electron chi connectivity index (χ2n) is 4.92. The lowest BCUT2D eigenvalue weighted by atomic mass is 9.89. The number of hydrogen-bond donors (Lipinski definition) is 2. The van der Waals surface area contributed by atoms with Crippen LogP contribution in [0.25, 0.3) is 0 Å². The van der Waals surface area contributed by atoms with Crippen molar-refractivity contribution in [2.45, 2.75) is 18.4 Å². The Balaban J connectivity index is 1.80. The van der Waals surface area contributed by atoms with Gasteiger partial charge in [-0.1, -0.05) is 0 Å². The van der Waals surface area contributed by atoms with Crippen molar-refractivity contribution in [3.63, 3.8) is 0 Å². The predicted octanol–water partition coefficient (Wildman–Crippen LogP) is 0.856. The smallest absolute Gasteiger partial charge is 0.322 e. The van der Waals surface area contributed by atoms with E-state index < -0.39 is 11.6 Å². The first-order valence-electron chi connectivity index (χ1n) is 6.18. The monoisotopic (exact) mass is 341 g/mol. The highest BCUT2D eigenvalue weighted by Gasteiger charge is 2.49. The first-order chi connectivity index (χ1) is 9.50. The summed E-state index contributed by atoms with van der Waals surface area (Å²) in [4.78, 5) is 37.0. The number of rotatable bonds is 1. The molecule has 1 spiro atoms. The zero-order valence-corrected chi connectivity index (χ0v) is 12.0. The van der Waals surface area contributed by atoms with Gasteiger partial charge in [-0.15, -0.1) is 0 Å². The third kappa shape index (κ3) is 2.09. The minimum Gasteiger partial charge on any atom is -0.444 e. The summed E-state index contributed by atoms with van der Waals surface area (Å²) in [6.45, 7) is 0.684. The molecule has 106 valence electrons. The number of urea groups is 1. The van der Waals surface area contributed by atoms with E-state index in [-0.39, 0.29) is 24.1 Å². The van der Waals surface area contributed by atoms with E-state index in [1.807, 2.05) is 0 Å². The second-order valence-corrected chi connectivity index (χ2v) is 5.71. The molecule has 0 saturated carbocycles. The molecule has 20 heavy (non-hydrogen) atoms. The molecule has 8 heteroatoms. The van der Waals surface area contributed by atoms with Crippen LogP contribution >= 0.6 is 15.9 Å². The summed E-state index contributed by atoms with van der Waals surface area (Å²) in [5, 5.41) is 4.85. The number of likely N-dealkylation sites (tertiary alicyclic amines) is 1. The van der Waals surface area contributed by atoms with Gasteiger partial charge < -0.3 is 14.6 Å². The van der Waals surface area contributed by atoms with Gasteiger partial charge >= 0.3 is 6.03 Å². The molecule has 3 rings (SSSR count). The minimum atomic E-state index is -1.01. The van der Waals surface area contributed by atoms with Crippen LogP contribution in [-0.2, 0) is 4.79 Å². The van der Waals surface area contributed by atoms with Gasteiger partial charge in [-0.25, -0.2) is 4.79 Å². The summed E-state index contributed by atoms with van der Waals surface area (Å²) in [7, 11) is 0. The molecule has 2 saturated heterocycles. The largest absolute Gasteiger partial charge is 0.444 e. The molecule has 0 aliphatic carbocycles. The fraction of sp³-hybridized carbons (Fsp3) is 0.417. The molecule has 3 heterocycles. The molecule has 1 atom stereocenters. The van der Waals surface area contributed by atoms with Crippen molar-refractivity contribution in [3.05, 3.63) is 22.6 Å². The Morgan fingerprint density at radius 1 is 1.40 bits per heavy atom. The van der Waals surface area contributed by atoms with Gasteiger partial charge in [0.15, 0.2) is 10.4 Å². The van der Waals surface area contributed by atoms with Gasteiger partial charge in [-0.2, -0.15) is 0 Å². The lowest BCUT2D eigenvalue weighted by molar-refractivity contribution is -0.125. The molecule has 2 fully saturated rings. The van der Waals surface area contributed by atoms with Crippen molar-refractivity contribution < 1.29 is 18.8 Å². The highest BCUT2D eigenvalue weighted by atomic mass is 79.9. The summed E-state index contributed by atoms with van der Waals surface area (Å²) in [6, 6.07) is 2.70. The SMILES string of the molecule is O=C1NC(=O)C2(CCCN(C(=O)c3ccc(Br)o3)C2)N1. The topological polar surface area (TPSA) is 91.7 Å². The number of piperidine rings is 1. The summed E-state index contributed by atoms with van der Waals surface area (Å²) in [6.07, 6.45) is 1.16. The van der Waals surface area contributed by atoms with Crippen LogP contribution in [0.5, 0.6) is 0 Å². The van der Waals surface area contributed by atoms with Crippen LogP contribution in [0, 0.1) is 0 Å². The molecule has 1 unspecified atom stereocenters. The van der Waals surface area contributed by atoms with E-state index in [2.05, 4.69) is 26.6 Å². The van der Waals surface area contributed by atoms with Gasteiger partial charge in [0, 0.05) is 6.54 Å². The van der Waals surface area contributed by atoms with Crippen LogP contribution in [0.3, 0.4) is 0 Å². The minimum absolute atomic E-state index is 0.154. The van der Waals surface area contributed by atoms with Crippen molar-refractivity contribution in [3.8, 4) is 0 Å². The first-order valence-corrected chi connectivity index (χ1v) is 6.98. The molecule has 7 nitrogen and oxygen atoms in total. The van der Waals surface area contributed by atoms with E-state index in [9.17, 15) is 14.4 Å². The molecule has 2 N–H and O–H groups in total. The second kappa shape index (κ2) is 4.62. The average Bonchev–Trinajstić information content (AvgIpc) is 2.94. The Labute approximate surface area is 122 Å². The number of halogens is 1. The van der Waals surface area contributed by atoms with Crippen LogP contribution in [0.1, 0.15) is 23.4 Å². The van der Waals surface area contributed by atoms with Crippen LogP contribution in [0.15, 0.2) is 21.2 Å². The fourth-order valence-corrected chi connectivity index (χ4v) is 2.94. The Kier molecular flexibility index (Phi) is 3.04. The van der Waals surface area contributed by atoms with Gasteiger partial charge in [0.05, 0.1) is 6.54 Å². The van der Waals surface area contributed by atoms with Gasteiger partial charge in [0.25, 0.3) is 11.8 Å². The highest BCUT2D eigenvalue weighted by Crippen LogP contribution is 2.26. The summed E-state index contributed by atoms with van der Waals surface area (Å²) >= 11 is 3.14. The first kappa shape index (κ1) is 13.2.